The summed E-state index contributed by atoms with van der Waals surface area (Å²) >= 11 is 3.33. The first kappa shape index (κ1) is 28.2. The maximum absolute atomic E-state index is 13.1. The van der Waals surface area contributed by atoms with Crippen molar-refractivity contribution in [2.24, 2.45) is 5.73 Å². The van der Waals surface area contributed by atoms with Gasteiger partial charge in [-0.3, -0.25) is 14.4 Å². The van der Waals surface area contributed by atoms with Crippen molar-refractivity contribution >= 4 is 33.7 Å². The fourth-order valence-corrected chi connectivity index (χ4v) is 4.77. The maximum atomic E-state index is 13.1. The van der Waals surface area contributed by atoms with Crippen LogP contribution in [0.1, 0.15) is 43.1 Å². The van der Waals surface area contributed by atoms with Gasteiger partial charge in [-0.15, -0.1) is 0 Å². The Morgan fingerprint density at radius 2 is 1.74 bits per heavy atom. The number of carbonyl (C=O) groups excluding carboxylic acids is 3. The Bertz CT molecular complexity index is 1150. The van der Waals surface area contributed by atoms with Crippen LogP contribution in [0.5, 0.6) is 0 Å². The maximum Gasteiger partial charge on any atom is 0.251 e. The highest BCUT2D eigenvalue weighted by molar-refractivity contribution is 9.10. The number of primary amides is 1. The van der Waals surface area contributed by atoms with E-state index in [-0.39, 0.29) is 13.0 Å². The summed E-state index contributed by atoms with van der Waals surface area (Å²) in [4.78, 5) is 37.7. The highest BCUT2D eigenvalue weighted by Crippen LogP contribution is 2.40. The number of amides is 3. The molecule has 38 heavy (non-hydrogen) atoms. The molecule has 0 radical (unpaired) electrons. The van der Waals surface area contributed by atoms with Crippen LogP contribution in [0.15, 0.2) is 59.1 Å². The fourth-order valence-electron chi connectivity index (χ4n) is 4.50. The van der Waals surface area contributed by atoms with Gasteiger partial charge in [0.05, 0.1) is 12.6 Å². The molecule has 4 N–H and O–H groups in total. The Morgan fingerprint density at radius 1 is 1.05 bits per heavy atom. The standard InChI is InChI=1S/C27H32BrN3O7/c1-15(30-25(34)17-9-11-18(28)12-10-17)24(33)31-19(13-20(29)32)21-22(35-14-16-7-5-4-6-8-16)23-26(36-21)38-27(2,3)37-23/h4-12,15,19,21-23,26H,13-14H2,1-3H3,(H2,29,32)(H,30,34)(H,31,33)/t15-,19+,21+,22-,23+,26+/m0/s1. The predicted molar refractivity (Wildman–Crippen MR) is 141 cm³/mol. The van der Waals surface area contributed by atoms with E-state index in [9.17, 15) is 14.4 Å². The molecular formula is C27H32BrN3O7. The molecule has 4 rings (SSSR count). The molecule has 2 aromatic rings. The van der Waals surface area contributed by atoms with Crippen molar-refractivity contribution in [1.29, 1.82) is 0 Å². The first-order valence-corrected chi connectivity index (χ1v) is 13.1. The van der Waals surface area contributed by atoms with E-state index in [1.807, 2.05) is 30.3 Å². The van der Waals surface area contributed by atoms with E-state index in [0.717, 1.165) is 10.0 Å². The highest BCUT2D eigenvalue weighted by atomic mass is 79.9. The molecule has 11 heteroatoms. The Kier molecular flexibility index (Phi) is 8.84. The third kappa shape index (κ3) is 6.97. The van der Waals surface area contributed by atoms with Crippen LogP contribution in [0, 0.1) is 0 Å². The number of nitrogens with one attached hydrogen (secondary N) is 2. The van der Waals surface area contributed by atoms with Crippen LogP contribution in [-0.2, 0) is 35.1 Å². The molecule has 0 bridgehead atoms. The third-order valence-electron chi connectivity index (χ3n) is 6.30. The second kappa shape index (κ2) is 11.9. The van der Waals surface area contributed by atoms with Gasteiger partial charge in [-0.25, -0.2) is 0 Å². The molecule has 0 aromatic heterocycles. The molecule has 2 aromatic carbocycles. The lowest BCUT2D eigenvalue weighted by Gasteiger charge is -2.31. The zero-order chi connectivity index (χ0) is 27.4. The van der Waals surface area contributed by atoms with E-state index in [1.165, 1.54) is 0 Å². The van der Waals surface area contributed by atoms with Crippen LogP contribution in [0.4, 0.5) is 0 Å². The molecule has 204 valence electrons. The number of hydrogen-bond acceptors (Lipinski definition) is 7. The van der Waals surface area contributed by atoms with Crippen molar-refractivity contribution in [3.8, 4) is 0 Å². The van der Waals surface area contributed by atoms with Gasteiger partial charge >= 0.3 is 0 Å². The minimum Gasteiger partial charge on any atom is -0.370 e. The van der Waals surface area contributed by atoms with E-state index in [1.54, 1.807) is 45.0 Å². The van der Waals surface area contributed by atoms with Crippen molar-refractivity contribution < 1.29 is 33.3 Å². The van der Waals surface area contributed by atoms with Gasteiger partial charge in [0.15, 0.2) is 12.1 Å². The number of halogens is 1. The summed E-state index contributed by atoms with van der Waals surface area (Å²) in [5.74, 6) is -2.44. The Labute approximate surface area is 229 Å². The molecular weight excluding hydrogens is 558 g/mol. The van der Waals surface area contributed by atoms with Crippen LogP contribution in [0.25, 0.3) is 0 Å². The predicted octanol–water partition coefficient (Wildman–Crippen LogP) is 2.39. The minimum absolute atomic E-state index is 0.211. The molecule has 2 heterocycles. The third-order valence-corrected chi connectivity index (χ3v) is 6.83. The summed E-state index contributed by atoms with van der Waals surface area (Å²) in [6.45, 7) is 5.36. The molecule has 2 aliphatic heterocycles. The average molecular weight is 590 g/mol. The van der Waals surface area contributed by atoms with Gasteiger partial charge in [-0.05, 0) is 50.6 Å². The van der Waals surface area contributed by atoms with Crippen LogP contribution in [0.3, 0.4) is 0 Å². The highest BCUT2D eigenvalue weighted by Gasteiger charge is 2.57. The molecule has 10 nitrogen and oxygen atoms in total. The Hall–Kier alpha value is -2.83. The molecule has 0 spiro atoms. The summed E-state index contributed by atoms with van der Waals surface area (Å²) in [7, 11) is 0. The smallest absolute Gasteiger partial charge is 0.251 e. The van der Waals surface area contributed by atoms with Gasteiger partial charge in [0.25, 0.3) is 5.91 Å². The average Bonchev–Trinajstić information content (AvgIpc) is 3.34. The van der Waals surface area contributed by atoms with Gasteiger partial charge in [-0.1, -0.05) is 46.3 Å². The zero-order valence-electron chi connectivity index (χ0n) is 21.4. The molecule has 0 saturated carbocycles. The zero-order valence-corrected chi connectivity index (χ0v) is 23.0. The first-order chi connectivity index (χ1) is 18.0. The molecule has 2 aliphatic rings. The normalized spacial score (nSPS) is 25.3. The second-order valence-electron chi connectivity index (χ2n) is 9.82. The molecule has 2 saturated heterocycles. The summed E-state index contributed by atoms with van der Waals surface area (Å²) in [5.41, 5.74) is 6.87. The van der Waals surface area contributed by atoms with Crippen LogP contribution in [-0.4, -0.2) is 60.2 Å². The number of nitrogens with two attached hydrogens (primary N) is 1. The van der Waals surface area contributed by atoms with E-state index in [2.05, 4.69) is 26.6 Å². The van der Waals surface area contributed by atoms with E-state index in [4.69, 9.17) is 24.7 Å². The summed E-state index contributed by atoms with van der Waals surface area (Å²) < 4.78 is 25.2. The Balaban J connectivity index is 1.48. The van der Waals surface area contributed by atoms with Crippen LogP contribution in [0.2, 0.25) is 0 Å². The monoisotopic (exact) mass is 589 g/mol. The number of rotatable bonds is 10. The van der Waals surface area contributed by atoms with Crippen molar-refractivity contribution in [2.75, 3.05) is 0 Å². The van der Waals surface area contributed by atoms with Gasteiger partial charge in [0, 0.05) is 16.5 Å². The summed E-state index contributed by atoms with van der Waals surface area (Å²) in [6, 6.07) is 14.6. The number of hydrogen-bond donors (Lipinski definition) is 3. The lowest BCUT2D eigenvalue weighted by molar-refractivity contribution is -0.222. The van der Waals surface area contributed by atoms with Crippen molar-refractivity contribution in [3.05, 3.63) is 70.2 Å². The number of fused-ring (bicyclic) bond motifs is 1. The number of benzene rings is 2. The fraction of sp³-hybridized carbons (Fsp3) is 0.444. The van der Waals surface area contributed by atoms with E-state index >= 15 is 0 Å². The quantitative estimate of drug-likeness (QED) is 0.387. The second-order valence-corrected chi connectivity index (χ2v) is 10.7. The van der Waals surface area contributed by atoms with E-state index < -0.39 is 60.2 Å². The molecule has 0 aliphatic carbocycles. The van der Waals surface area contributed by atoms with Crippen molar-refractivity contribution in [3.63, 3.8) is 0 Å². The van der Waals surface area contributed by atoms with Crippen molar-refractivity contribution in [2.45, 2.75) is 76.3 Å². The number of ether oxygens (including phenoxy) is 4. The topological polar surface area (TPSA) is 138 Å². The number of carbonyl (C=O) groups is 3. The van der Waals surface area contributed by atoms with Gasteiger partial charge in [0.1, 0.15) is 24.4 Å². The van der Waals surface area contributed by atoms with Gasteiger partial charge in [-0.2, -0.15) is 0 Å². The summed E-state index contributed by atoms with van der Waals surface area (Å²) in [6.07, 6.45) is -3.01. The van der Waals surface area contributed by atoms with Crippen molar-refractivity contribution in [1.82, 2.24) is 10.6 Å². The first-order valence-electron chi connectivity index (χ1n) is 12.3. The van der Waals surface area contributed by atoms with Crippen LogP contribution < -0.4 is 16.4 Å². The van der Waals surface area contributed by atoms with E-state index in [0.29, 0.717) is 5.56 Å². The lowest BCUT2D eigenvalue weighted by Crippen LogP contribution is -2.55. The minimum atomic E-state index is -0.905. The largest absolute Gasteiger partial charge is 0.370 e. The van der Waals surface area contributed by atoms with Crippen LogP contribution >= 0.6 is 15.9 Å². The molecule has 6 atom stereocenters. The summed E-state index contributed by atoms with van der Waals surface area (Å²) in [5, 5.41) is 5.49. The van der Waals surface area contributed by atoms with Gasteiger partial charge < -0.3 is 35.3 Å². The van der Waals surface area contributed by atoms with Gasteiger partial charge in [0.2, 0.25) is 11.8 Å². The SMILES string of the molecule is C[C@H](NC(=O)c1ccc(Br)cc1)C(=O)N[C@H](CC(N)=O)[C@H]1O[C@@H]2OC(C)(C)O[C@@H]2[C@H]1OCc1ccccc1. The Morgan fingerprint density at radius 3 is 2.39 bits per heavy atom. The lowest BCUT2D eigenvalue weighted by atomic mass is 9.99. The molecule has 3 amide bonds. The molecule has 0 unspecified atom stereocenters. The molecule has 2 fully saturated rings.